The fourth-order valence-electron chi connectivity index (χ4n) is 2.30. The standard InChI is InChI=1S/C17H13FN4S3/c1-22-15(14-3-2-8-23-14)20-21-17(22)25-10-13-9-24-16(19-13)11-4-6-12(18)7-5-11/h2-9H,10H2,1H3. The van der Waals surface area contributed by atoms with Crippen molar-refractivity contribution in [1.29, 1.82) is 0 Å². The van der Waals surface area contributed by atoms with Crippen molar-refractivity contribution in [1.82, 2.24) is 19.7 Å². The minimum Gasteiger partial charge on any atom is -0.304 e. The molecular weight excluding hydrogens is 375 g/mol. The van der Waals surface area contributed by atoms with Crippen LogP contribution in [0, 0.1) is 5.82 Å². The van der Waals surface area contributed by atoms with E-state index in [-0.39, 0.29) is 5.82 Å². The fraction of sp³-hybridized carbons (Fsp3) is 0.118. The molecular formula is C17H13FN4S3. The first-order chi connectivity index (χ1) is 12.2. The average Bonchev–Trinajstić information content (AvgIpc) is 3.34. The van der Waals surface area contributed by atoms with Gasteiger partial charge in [0.15, 0.2) is 11.0 Å². The van der Waals surface area contributed by atoms with Gasteiger partial charge >= 0.3 is 0 Å². The summed E-state index contributed by atoms with van der Waals surface area (Å²) in [6.07, 6.45) is 0. The van der Waals surface area contributed by atoms with Crippen LogP contribution in [0.4, 0.5) is 4.39 Å². The van der Waals surface area contributed by atoms with Crippen LogP contribution in [0.25, 0.3) is 21.3 Å². The van der Waals surface area contributed by atoms with Crippen molar-refractivity contribution in [2.75, 3.05) is 0 Å². The molecule has 4 rings (SSSR count). The number of hydrogen-bond acceptors (Lipinski definition) is 6. The van der Waals surface area contributed by atoms with Crippen LogP contribution >= 0.6 is 34.4 Å². The first kappa shape index (κ1) is 16.4. The fourth-order valence-corrected chi connectivity index (χ4v) is 4.78. The van der Waals surface area contributed by atoms with Crippen molar-refractivity contribution >= 4 is 34.4 Å². The predicted octanol–water partition coefficient (Wildman–Crippen LogP) is 5.10. The summed E-state index contributed by atoms with van der Waals surface area (Å²) in [5.41, 5.74) is 1.91. The number of hydrogen-bond donors (Lipinski definition) is 0. The van der Waals surface area contributed by atoms with Gasteiger partial charge in [-0.15, -0.1) is 32.9 Å². The lowest BCUT2D eigenvalue weighted by Gasteiger charge is -2.01. The summed E-state index contributed by atoms with van der Waals surface area (Å²) < 4.78 is 15.0. The second kappa shape index (κ2) is 7.07. The summed E-state index contributed by atoms with van der Waals surface area (Å²) in [5, 5.41) is 14.4. The Kier molecular flexibility index (Phi) is 4.65. The quantitative estimate of drug-likeness (QED) is 0.446. The Morgan fingerprint density at radius 2 is 1.96 bits per heavy atom. The molecule has 1 aromatic carbocycles. The number of rotatable bonds is 5. The van der Waals surface area contributed by atoms with Gasteiger partial charge in [0.1, 0.15) is 10.8 Å². The Bertz CT molecular complexity index is 974. The third-order valence-electron chi connectivity index (χ3n) is 3.57. The molecule has 0 saturated heterocycles. The maximum Gasteiger partial charge on any atom is 0.191 e. The summed E-state index contributed by atoms with van der Waals surface area (Å²) in [7, 11) is 1.97. The van der Waals surface area contributed by atoms with Crippen LogP contribution in [0.1, 0.15) is 5.69 Å². The zero-order valence-corrected chi connectivity index (χ0v) is 15.7. The number of benzene rings is 1. The monoisotopic (exact) mass is 388 g/mol. The Balaban J connectivity index is 1.46. The number of thiophene rings is 1. The van der Waals surface area contributed by atoms with Crippen LogP contribution in [0.5, 0.6) is 0 Å². The number of thiazole rings is 1. The highest BCUT2D eigenvalue weighted by atomic mass is 32.2. The molecule has 0 bridgehead atoms. The van der Waals surface area contributed by atoms with Crippen molar-refractivity contribution < 1.29 is 4.39 Å². The van der Waals surface area contributed by atoms with Gasteiger partial charge in [-0.3, -0.25) is 0 Å². The van der Waals surface area contributed by atoms with Gasteiger partial charge in [0.25, 0.3) is 0 Å². The zero-order chi connectivity index (χ0) is 17.2. The second-order valence-corrected chi connectivity index (χ2v) is 8.03. The molecule has 0 atom stereocenters. The number of aromatic nitrogens is 4. The minimum absolute atomic E-state index is 0.236. The molecule has 0 saturated carbocycles. The highest BCUT2D eigenvalue weighted by Crippen LogP contribution is 2.29. The summed E-state index contributed by atoms with van der Waals surface area (Å²) in [4.78, 5) is 5.74. The molecule has 0 fully saturated rings. The van der Waals surface area contributed by atoms with Gasteiger partial charge in [-0.05, 0) is 35.7 Å². The average molecular weight is 389 g/mol. The van der Waals surface area contributed by atoms with Gasteiger partial charge < -0.3 is 4.57 Å². The lowest BCUT2D eigenvalue weighted by molar-refractivity contribution is 0.628. The second-order valence-electron chi connectivity index (χ2n) is 5.28. The molecule has 4 nitrogen and oxygen atoms in total. The van der Waals surface area contributed by atoms with Crippen LogP contribution in [0.3, 0.4) is 0 Å². The number of halogens is 1. The maximum absolute atomic E-state index is 13.0. The van der Waals surface area contributed by atoms with E-state index in [1.807, 2.05) is 34.5 Å². The van der Waals surface area contributed by atoms with Crippen LogP contribution < -0.4 is 0 Å². The first-order valence-corrected chi connectivity index (χ1v) is 10.2. The van der Waals surface area contributed by atoms with Crippen molar-refractivity contribution in [2.45, 2.75) is 10.9 Å². The van der Waals surface area contributed by atoms with Gasteiger partial charge in [-0.1, -0.05) is 17.8 Å². The Morgan fingerprint density at radius 3 is 2.72 bits per heavy atom. The molecule has 0 N–H and O–H groups in total. The summed E-state index contributed by atoms with van der Waals surface area (Å²) in [6, 6.07) is 10.5. The zero-order valence-electron chi connectivity index (χ0n) is 13.2. The van der Waals surface area contributed by atoms with E-state index in [4.69, 9.17) is 0 Å². The van der Waals surface area contributed by atoms with E-state index in [0.29, 0.717) is 5.75 Å². The van der Waals surface area contributed by atoms with Crippen LogP contribution in [0.15, 0.2) is 52.3 Å². The molecule has 126 valence electrons. The van der Waals surface area contributed by atoms with E-state index in [2.05, 4.69) is 15.2 Å². The maximum atomic E-state index is 13.0. The van der Waals surface area contributed by atoms with Crippen molar-refractivity contribution in [2.24, 2.45) is 7.05 Å². The SMILES string of the molecule is Cn1c(SCc2csc(-c3ccc(F)cc3)n2)nnc1-c1cccs1. The minimum atomic E-state index is -0.236. The molecule has 8 heteroatoms. The molecule has 0 radical (unpaired) electrons. The summed E-state index contributed by atoms with van der Waals surface area (Å²) in [5.74, 6) is 1.36. The molecule has 0 aliphatic rings. The molecule has 0 amide bonds. The Hall–Kier alpha value is -2.03. The van der Waals surface area contributed by atoms with E-state index in [1.54, 1.807) is 46.6 Å². The van der Waals surface area contributed by atoms with Gasteiger partial charge in [-0.2, -0.15) is 0 Å². The molecule has 0 aliphatic heterocycles. The van der Waals surface area contributed by atoms with E-state index < -0.39 is 0 Å². The molecule has 0 aliphatic carbocycles. The lowest BCUT2D eigenvalue weighted by atomic mass is 10.2. The highest BCUT2D eigenvalue weighted by molar-refractivity contribution is 7.98. The summed E-state index contributed by atoms with van der Waals surface area (Å²) in [6.45, 7) is 0. The largest absolute Gasteiger partial charge is 0.304 e. The lowest BCUT2D eigenvalue weighted by Crippen LogP contribution is -1.94. The molecule has 4 aromatic rings. The van der Waals surface area contributed by atoms with Crippen LogP contribution in [0.2, 0.25) is 0 Å². The summed E-state index contributed by atoms with van der Waals surface area (Å²) >= 11 is 4.82. The number of thioether (sulfide) groups is 1. The van der Waals surface area contributed by atoms with Crippen LogP contribution in [-0.2, 0) is 12.8 Å². The van der Waals surface area contributed by atoms with Crippen molar-refractivity contribution in [3.05, 3.63) is 58.7 Å². The van der Waals surface area contributed by atoms with E-state index in [0.717, 1.165) is 32.1 Å². The molecule has 25 heavy (non-hydrogen) atoms. The van der Waals surface area contributed by atoms with Gasteiger partial charge in [0.05, 0.1) is 10.6 Å². The molecule has 3 heterocycles. The smallest absolute Gasteiger partial charge is 0.191 e. The van der Waals surface area contributed by atoms with E-state index in [1.165, 1.54) is 12.1 Å². The van der Waals surface area contributed by atoms with Crippen molar-refractivity contribution in [3.8, 4) is 21.3 Å². The Labute approximate surface area is 156 Å². The van der Waals surface area contributed by atoms with Gasteiger partial charge in [0, 0.05) is 23.7 Å². The molecule has 0 unspecified atom stereocenters. The Morgan fingerprint density at radius 1 is 1.12 bits per heavy atom. The predicted molar refractivity (Wildman–Crippen MR) is 101 cm³/mol. The van der Waals surface area contributed by atoms with E-state index in [9.17, 15) is 4.39 Å². The van der Waals surface area contributed by atoms with Gasteiger partial charge in [-0.25, -0.2) is 9.37 Å². The third kappa shape index (κ3) is 3.51. The topological polar surface area (TPSA) is 43.6 Å². The normalized spacial score (nSPS) is 11.1. The third-order valence-corrected chi connectivity index (χ3v) is 6.43. The number of nitrogens with zero attached hydrogens (tertiary/aromatic N) is 4. The molecule has 0 spiro atoms. The van der Waals surface area contributed by atoms with Gasteiger partial charge in [0.2, 0.25) is 0 Å². The van der Waals surface area contributed by atoms with E-state index >= 15 is 0 Å². The van der Waals surface area contributed by atoms with Crippen LogP contribution in [-0.4, -0.2) is 19.7 Å². The highest BCUT2D eigenvalue weighted by Gasteiger charge is 2.13. The molecule has 3 aromatic heterocycles. The van der Waals surface area contributed by atoms with Crippen molar-refractivity contribution in [3.63, 3.8) is 0 Å². The first-order valence-electron chi connectivity index (χ1n) is 7.47.